The molecule has 2 rings (SSSR count). The van der Waals surface area contributed by atoms with E-state index in [0.29, 0.717) is 48.9 Å². The van der Waals surface area contributed by atoms with Gasteiger partial charge in [0.1, 0.15) is 11.0 Å². The van der Waals surface area contributed by atoms with Crippen molar-refractivity contribution in [3.8, 4) is 0 Å². The van der Waals surface area contributed by atoms with Crippen LogP contribution in [0.3, 0.4) is 0 Å². The Bertz CT molecular complexity index is 736. The minimum Gasteiger partial charge on any atom is -0.466 e. The van der Waals surface area contributed by atoms with Gasteiger partial charge in [0.15, 0.2) is 5.16 Å². The SMILES string of the molecule is C=CCN(CC=C)c1cc(Cl)nc(SCC(=O)N2CCCC(C(=O)OCC)C2)n1. The molecule has 0 aromatic carbocycles. The van der Waals surface area contributed by atoms with Gasteiger partial charge in [-0.15, -0.1) is 13.2 Å². The molecule has 1 amide bonds. The maximum atomic E-state index is 12.6. The summed E-state index contributed by atoms with van der Waals surface area (Å²) in [6.45, 7) is 11.9. The second-order valence-corrected chi connectivity index (χ2v) is 7.86. The first-order valence-corrected chi connectivity index (χ1v) is 10.9. The van der Waals surface area contributed by atoms with Crippen LogP contribution in [0.15, 0.2) is 36.5 Å². The summed E-state index contributed by atoms with van der Waals surface area (Å²) in [6, 6.07) is 1.68. The minimum atomic E-state index is -0.252. The van der Waals surface area contributed by atoms with Gasteiger partial charge < -0.3 is 14.5 Å². The Balaban J connectivity index is 1.99. The number of halogens is 1. The first-order valence-electron chi connectivity index (χ1n) is 9.57. The van der Waals surface area contributed by atoms with E-state index >= 15 is 0 Å². The molecule has 158 valence electrons. The van der Waals surface area contributed by atoms with Crippen molar-refractivity contribution >= 4 is 41.1 Å². The number of likely N-dealkylation sites (tertiary alicyclic amines) is 1. The van der Waals surface area contributed by atoms with Crippen LogP contribution < -0.4 is 4.90 Å². The first kappa shape index (κ1) is 23.2. The van der Waals surface area contributed by atoms with Crippen molar-refractivity contribution in [3.63, 3.8) is 0 Å². The molecule has 0 radical (unpaired) electrons. The molecule has 0 saturated carbocycles. The van der Waals surface area contributed by atoms with E-state index in [1.54, 1.807) is 30.0 Å². The van der Waals surface area contributed by atoms with Gasteiger partial charge in [0.25, 0.3) is 0 Å². The summed E-state index contributed by atoms with van der Waals surface area (Å²) in [5.41, 5.74) is 0. The number of anilines is 1. The molecule has 7 nitrogen and oxygen atoms in total. The zero-order valence-electron chi connectivity index (χ0n) is 16.7. The highest BCUT2D eigenvalue weighted by Crippen LogP contribution is 2.24. The number of aromatic nitrogens is 2. The summed E-state index contributed by atoms with van der Waals surface area (Å²) < 4.78 is 5.09. The summed E-state index contributed by atoms with van der Waals surface area (Å²) in [7, 11) is 0. The van der Waals surface area contributed by atoms with Gasteiger partial charge >= 0.3 is 5.97 Å². The molecule has 1 aliphatic rings. The van der Waals surface area contributed by atoms with Gasteiger partial charge in [0, 0.05) is 32.2 Å². The van der Waals surface area contributed by atoms with Crippen LogP contribution in [0.25, 0.3) is 0 Å². The fraction of sp³-hybridized carbons (Fsp3) is 0.500. The molecule has 0 bridgehead atoms. The quantitative estimate of drug-likeness (QED) is 0.182. The number of amides is 1. The van der Waals surface area contributed by atoms with Crippen molar-refractivity contribution in [2.24, 2.45) is 5.92 Å². The molecule has 2 heterocycles. The van der Waals surface area contributed by atoms with Crippen molar-refractivity contribution in [1.29, 1.82) is 0 Å². The number of hydrogen-bond acceptors (Lipinski definition) is 7. The van der Waals surface area contributed by atoms with Gasteiger partial charge in [-0.05, 0) is 19.8 Å². The fourth-order valence-electron chi connectivity index (χ4n) is 3.06. The molecule has 0 spiro atoms. The Labute approximate surface area is 181 Å². The molecule has 1 fully saturated rings. The highest BCUT2D eigenvalue weighted by atomic mass is 35.5. The zero-order chi connectivity index (χ0) is 21.2. The Hall–Kier alpha value is -2.06. The first-order chi connectivity index (χ1) is 14.0. The van der Waals surface area contributed by atoms with Crippen LogP contribution in [0.4, 0.5) is 5.82 Å². The van der Waals surface area contributed by atoms with E-state index in [-0.39, 0.29) is 23.5 Å². The van der Waals surface area contributed by atoms with Crippen LogP contribution in [-0.4, -0.2) is 65.3 Å². The van der Waals surface area contributed by atoms with Crippen LogP contribution in [0.2, 0.25) is 5.15 Å². The van der Waals surface area contributed by atoms with Crippen molar-refractivity contribution in [2.45, 2.75) is 24.9 Å². The summed E-state index contributed by atoms with van der Waals surface area (Å²) in [5.74, 6) is 0.296. The molecule has 0 N–H and O–H groups in total. The molecule has 1 unspecified atom stereocenters. The van der Waals surface area contributed by atoms with E-state index in [4.69, 9.17) is 16.3 Å². The third-order valence-electron chi connectivity index (χ3n) is 4.40. The smallest absolute Gasteiger partial charge is 0.310 e. The standard InChI is InChI=1S/C20H27ClN4O3S/c1-4-9-24(10-5-2)17-12-16(21)22-20(23-17)29-14-18(26)25-11-7-8-15(13-25)19(27)28-6-3/h4-5,12,15H,1-2,6-11,13-14H2,3H3. The molecule has 1 saturated heterocycles. The van der Waals surface area contributed by atoms with Gasteiger partial charge in [-0.1, -0.05) is 35.5 Å². The van der Waals surface area contributed by atoms with Gasteiger partial charge in [0.2, 0.25) is 5.91 Å². The number of thioether (sulfide) groups is 1. The summed E-state index contributed by atoms with van der Waals surface area (Å²) >= 11 is 7.38. The maximum Gasteiger partial charge on any atom is 0.310 e. The molecular weight excluding hydrogens is 412 g/mol. The second-order valence-electron chi connectivity index (χ2n) is 6.53. The van der Waals surface area contributed by atoms with Gasteiger partial charge in [-0.25, -0.2) is 9.97 Å². The van der Waals surface area contributed by atoms with E-state index in [0.717, 1.165) is 12.8 Å². The summed E-state index contributed by atoms with van der Waals surface area (Å²) in [5, 5.41) is 0.737. The normalized spacial score (nSPS) is 16.2. The Morgan fingerprint density at radius 3 is 2.76 bits per heavy atom. The van der Waals surface area contributed by atoms with Crippen molar-refractivity contribution in [2.75, 3.05) is 43.4 Å². The lowest BCUT2D eigenvalue weighted by Crippen LogP contribution is -2.43. The predicted octanol–water partition coefficient (Wildman–Crippen LogP) is 3.20. The van der Waals surface area contributed by atoms with Crippen LogP contribution in [-0.2, 0) is 14.3 Å². The Morgan fingerprint density at radius 1 is 1.38 bits per heavy atom. The second kappa shape index (κ2) is 11.8. The average molecular weight is 439 g/mol. The van der Waals surface area contributed by atoms with Crippen LogP contribution in [0.1, 0.15) is 19.8 Å². The molecule has 29 heavy (non-hydrogen) atoms. The van der Waals surface area contributed by atoms with Gasteiger partial charge in [-0.2, -0.15) is 0 Å². The van der Waals surface area contributed by atoms with E-state index in [2.05, 4.69) is 23.1 Å². The van der Waals surface area contributed by atoms with Gasteiger partial charge in [0.05, 0.1) is 18.3 Å². The van der Waals surface area contributed by atoms with E-state index in [9.17, 15) is 9.59 Å². The summed E-state index contributed by atoms with van der Waals surface area (Å²) in [6.07, 6.45) is 5.08. The van der Waals surface area contributed by atoms with Crippen molar-refractivity contribution in [1.82, 2.24) is 14.9 Å². The van der Waals surface area contributed by atoms with E-state index < -0.39 is 0 Å². The average Bonchev–Trinajstić information content (AvgIpc) is 2.71. The number of nitrogens with zero attached hydrogens (tertiary/aromatic N) is 4. The molecule has 1 aromatic rings. The lowest BCUT2D eigenvalue weighted by atomic mass is 9.98. The van der Waals surface area contributed by atoms with Crippen LogP contribution in [0.5, 0.6) is 0 Å². The monoisotopic (exact) mass is 438 g/mol. The Kier molecular flexibility index (Phi) is 9.47. The van der Waals surface area contributed by atoms with Gasteiger partial charge in [-0.3, -0.25) is 9.59 Å². The molecular formula is C20H27ClN4O3S. The van der Waals surface area contributed by atoms with Crippen LogP contribution in [0, 0.1) is 5.92 Å². The molecule has 1 aliphatic heterocycles. The van der Waals surface area contributed by atoms with E-state index in [1.807, 2.05) is 4.90 Å². The number of ether oxygens (including phenoxy) is 1. The number of piperidine rings is 1. The van der Waals surface area contributed by atoms with Crippen LogP contribution >= 0.6 is 23.4 Å². The van der Waals surface area contributed by atoms with Crippen molar-refractivity contribution < 1.29 is 14.3 Å². The highest BCUT2D eigenvalue weighted by molar-refractivity contribution is 7.99. The fourth-order valence-corrected chi connectivity index (χ4v) is 4.04. The number of carbonyl (C=O) groups is 2. The lowest BCUT2D eigenvalue weighted by Gasteiger charge is -2.31. The Morgan fingerprint density at radius 2 is 2.10 bits per heavy atom. The lowest BCUT2D eigenvalue weighted by molar-refractivity contribution is -0.151. The maximum absolute atomic E-state index is 12.6. The molecule has 1 atom stereocenters. The third kappa shape index (κ3) is 7.04. The largest absolute Gasteiger partial charge is 0.466 e. The number of esters is 1. The number of carbonyl (C=O) groups excluding carboxylic acids is 2. The van der Waals surface area contributed by atoms with Crippen molar-refractivity contribution in [3.05, 3.63) is 36.5 Å². The zero-order valence-corrected chi connectivity index (χ0v) is 18.3. The van der Waals surface area contributed by atoms with E-state index in [1.165, 1.54) is 11.8 Å². The predicted molar refractivity (Wildman–Crippen MR) is 116 cm³/mol. The summed E-state index contributed by atoms with van der Waals surface area (Å²) in [4.78, 5) is 37.0. The topological polar surface area (TPSA) is 75.6 Å². The number of rotatable bonds is 10. The third-order valence-corrected chi connectivity index (χ3v) is 5.43. The minimum absolute atomic E-state index is 0.0526. The highest BCUT2D eigenvalue weighted by Gasteiger charge is 2.29. The molecule has 1 aromatic heterocycles. The number of hydrogen-bond donors (Lipinski definition) is 0. The molecule has 9 heteroatoms. The molecule has 0 aliphatic carbocycles.